The topological polar surface area (TPSA) is 78.7 Å². The lowest BCUT2D eigenvalue weighted by Gasteiger charge is -2.36. The third-order valence-electron chi connectivity index (χ3n) is 3.97. The first-order valence-corrected chi connectivity index (χ1v) is 6.75. The number of nitro benzene ring substituents is 1. The summed E-state index contributed by atoms with van der Waals surface area (Å²) >= 11 is 0. The fraction of sp³-hybridized carbons (Fsp3) is 0.462. The lowest BCUT2D eigenvalue weighted by atomic mass is 10.1. The first-order chi connectivity index (χ1) is 10.1. The number of rotatable bonds is 3. The molecule has 7 nitrogen and oxygen atoms in total. The number of fused-ring (bicyclic) bond motifs is 1. The van der Waals surface area contributed by atoms with Crippen molar-refractivity contribution in [3.05, 3.63) is 39.7 Å². The molecule has 1 N–H and O–H groups in total. The summed E-state index contributed by atoms with van der Waals surface area (Å²) in [7, 11) is 0. The summed E-state index contributed by atoms with van der Waals surface area (Å²) in [5, 5.41) is 13.5. The van der Waals surface area contributed by atoms with Crippen molar-refractivity contribution in [2.24, 2.45) is 0 Å². The van der Waals surface area contributed by atoms with Crippen LogP contribution in [0.3, 0.4) is 0 Å². The van der Waals surface area contributed by atoms with Gasteiger partial charge in [0.15, 0.2) is 0 Å². The molecule has 0 radical (unpaired) electrons. The second-order valence-electron chi connectivity index (χ2n) is 5.28. The maximum Gasteiger partial charge on any atom is 0.317 e. The van der Waals surface area contributed by atoms with Crippen molar-refractivity contribution in [2.75, 3.05) is 26.2 Å². The van der Waals surface area contributed by atoms with Crippen LogP contribution in [0.15, 0.2) is 18.2 Å². The number of piperazine rings is 1. The lowest BCUT2D eigenvalue weighted by Crippen LogP contribution is -2.51. The number of nitrogens with zero attached hydrogens (tertiary/aromatic N) is 3. The van der Waals surface area contributed by atoms with Crippen LogP contribution in [0, 0.1) is 15.9 Å². The molecule has 2 aliphatic heterocycles. The highest BCUT2D eigenvalue weighted by Gasteiger charge is 2.35. The van der Waals surface area contributed by atoms with E-state index in [-0.39, 0.29) is 12.1 Å². The van der Waals surface area contributed by atoms with Gasteiger partial charge in [0, 0.05) is 44.4 Å². The Balaban J connectivity index is 1.72. The maximum atomic E-state index is 14.1. The van der Waals surface area contributed by atoms with Gasteiger partial charge in [-0.3, -0.25) is 15.0 Å². The highest BCUT2D eigenvalue weighted by molar-refractivity contribution is 5.77. The molecule has 1 unspecified atom stereocenters. The molecule has 0 saturated carbocycles. The Kier molecular flexibility index (Phi) is 3.46. The van der Waals surface area contributed by atoms with E-state index in [1.807, 2.05) is 4.90 Å². The second-order valence-corrected chi connectivity index (χ2v) is 5.28. The fourth-order valence-electron chi connectivity index (χ4n) is 2.88. The normalized spacial score (nSPS) is 22.0. The summed E-state index contributed by atoms with van der Waals surface area (Å²) in [5.74, 6) is -0.773. The summed E-state index contributed by atoms with van der Waals surface area (Å²) in [6.45, 7) is 2.76. The molecule has 0 aliphatic carbocycles. The van der Waals surface area contributed by atoms with E-state index in [4.69, 9.17) is 0 Å². The Labute approximate surface area is 120 Å². The molecule has 1 aromatic carbocycles. The molecule has 2 amide bonds. The number of nitro groups is 1. The van der Waals surface area contributed by atoms with Crippen LogP contribution >= 0.6 is 0 Å². The largest absolute Gasteiger partial charge is 0.336 e. The Morgan fingerprint density at radius 3 is 3.00 bits per heavy atom. The van der Waals surface area contributed by atoms with Crippen LogP contribution < -0.4 is 5.32 Å². The van der Waals surface area contributed by atoms with Gasteiger partial charge in [0.2, 0.25) is 5.82 Å². The molecule has 1 atom stereocenters. The Hall–Kier alpha value is -2.22. The van der Waals surface area contributed by atoms with Gasteiger partial charge in [0.1, 0.15) is 0 Å². The van der Waals surface area contributed by atoms with Crippen LogP contribution in [0.2, 0.25) is 0 Å². The van der Waals surface area contributed by atoms with Crippen molar-refractivity contribution in [3.63, 3.8) is 0 Å². The molecule has 21 heavy (non-hydrogen) atoms. The van der Waals surface area contributed by atoms with E-state index in [1.165, 1.54) is 6.07 Å². The molecule has 0 bridgehead atoms. The van der Waals surface area contributed by atoms with Crippen molar-refractivity contribution in [1.29, 1.82) is 0 Å². The molecule has 8 heteroatoms. The highest BCUT2D eigenvalue weighted by Crippen LogP contribution is 2.23. The number of benzene rings is 1. The zero-order valence-corrected chi connectivity index (χ0v) is 11.3. The molecular weight excluding hydrogens is 279 g/mol. The molecule has 2 heterocycles. The predicted octanol–water partition coefficient (Wildman–Crippen LogP) is 0.943. The van der Waals surface area contributed by atoms with Crippen LogP contribution in [-0.2, 0) is 6.54 Å². The average Bonchev–Trinajstić information content (AvgIpc) is 2.82. The molecule has 2 aliphatic rings. The number of hydrogen-bond acceptors (Lipinski definition) is 4. The molecule has 2 fully saturated rings. The van der Waals surface area contributed by atoms with Gasteiger partial charge in [0.05, 0.1) is 11.0 Å². The lowest BCUT2D eigenvalue weighted by molar-refractivity contribution is -0.387. The van der Waals surface area contributed by atoms with Crippen molar-refractivity contribution in [1.82, 2.24) is 15.1 Å². The summed E-state index contributed by atoms with van der Waals surface area (Å²) in [6.07, 6.45) is 0. The van der Waals surface area contributed by atoms with Gasteiger partial charge in [-0.05, 0) is 0 Å². The minimum absolute atomic E-state index is 0.0545. The number of nitrogens with one attached hydrogen (secondary N) is 1. The molecule has 2 saturated heterocycles. The number of carbonyl (C=O) groups is 1. The van der Waals surface area contributed by atoms with E-state index in [1.54, 1.807) is 11.0 Å². The monoisotopic (exact) mass is 294 g/mol. The van der Waals surface area contributed by atoms with Crippen molar-refractivity contribution < 1.29 is 14.1 Å². The zero-order chi connectivity index (χ0) is 15.0. The number of hydrogen-bond donors (Lipinski definition) is 1. The smallest absolute Gasteiger partial charge is 0.317 e. The van der Waals surface area contributed by atoms with E-state index >= 15 is 0 Å². The maximum absolute atomic E-state index is 14.1. The number of urea groups is 1. The molecular formula is C13H15FN4O3. The van der Waals surface area contributed by atoms with Gasteiger partial charge in [-0.25, -0.2) is 4.79 Å². The third-order valence-corrected chi connectivity index (χ3v) is 3.97. The van der Waals surface area contributed by atoms with Gasteiger partial charge in [0.25, 0.3) is 0 Å². The summed E-state index contributed by atoms with van der Waals surface area (Å²) < 4.78 is 14.1. The average molecular weight is 294 g/mol. The van der Waals surface area contributed by atoms with Crippen LogP contribution in [-0.4, -0.2) is 53.0 Å². The standard InChI is InChI=1S/C13H15FN4O3/c14-12-9(2-1-3-11(12)18(20)21)7-16-4-5-17-10(8-16)6-15-13(17)19/h1-3,10H,4-8H2,(H,15,19). The predicted molar refractivity (Wildman–Crippen MR) is 72.2 cm³/mol. The Morgan fingerprint density at radius 1 is 1.43 bits per heavy atom. The van der Waals surface area contributed by atoms with Crippen LogP contribution in [0.5, 0.6) is 0 Å². The molecule has 3 rings (SSSR count). The van der Waals surface area contributed by atoms with Crippen molar-refractivity contribution >= 4 is 11.7 Å². The van der Waals surface area contributed by atoms with E-state index in [0.29, 0.717) is 38.3 Å². The fourth-order valence-corrected chi connectivity index (χ4v) is 2.88. The molecule has 1 aromatic rings. The minimum atomic E-state index is -0.773. The van der Waals surface area contributed by atoms with E-state index in [9.17, 15) is 19.3 Å². The van der Waals surface area contributed by atoms with E-state index in [2.05, 4.69) is 5.32 Å². The zero-order valence-electron chi connectivity index (χ0n) is 11.3. The Bertz CT molecular complexity index is 595. The van der Waals surface area contributed by atoms with Crippen LogP contribution in [0.1, 0.15) is 5.56 Å². The van der Waals surface area contributed by atoms with Crippen LogP contribution in [0.4, 0.5) is 14.9 Å². The van der Waals surface area contributed by atoms with E-state index < -0.39 is 16.4 Å². The van der Waals surface area contributed by atoms with Gasteiger partial charge in [-0.1, -0.05) is 12.1 Å². The van der Waals surface area contributed by atoms with Gasteiger partial charge in [-0.15, -0.1) is 0 Å². The SMILES string of the molecule is O=C1NCC2CN(Cc3cccc([N+](=O)[O-])c3F)CCN12. The number of carbonyl (C=O) groups excluding carboxylic acids is 1. The van der Waals surface area contributed by atoms with Crippen molar-refractivity contribution in [2.45, 2.75) is 12.6 Å². The van der Waals surface area contributed by atoms with E-state index in [0.717, 1.165) is 6.07 Å². The third kappa shape index (κ3) is 2.54. The van der Waals surface area contributed by atoms with Gasteiger partial charge in [-0.2, -0.15) is 4.39 Å². The van der Waals surface area contributed by atoms with Crippen molar-refractivity contribution in [3.8, 4) is 0 Å². The second kappa shape index (κ2) is 5.28. The molecule has 0 spiro atoms. The first kappa shape index (κ1) is 13.7. The van der Waals surface area contributed by atoms with Gasteiger partial charge < -0.3 is 10.2 Å². The first-order valence-electron chi connectivity index (χ1n) is 6.75. The quantitative estimate of drug-likeness (QED) is 0.665. The highest BCUT2D eigenvalue weighted by atomic mass is 19.1. The molecule has 0 aromatic heterocycles. The summed E-state index contributed by atoms with van der Waals surface area (Å²) in [5.41, 5.74) is -0.182. The summed E-state index contributed by atoms with van der Waals surface area (Å²) in [6, 6.07) is 4.26. The van der Waals surface area contributed by atoms with Crippen LogP contribution in [0.25, 0.3) is 0 Å². The number of amides is 2. The van der Waals surface area contributed by atoms with Gasteiger partial charge >= 0.3 is 11.7 Å². The molecule has 112 valence electrons. The number of halogens is 1. The minimum Gasteiger partial charge on any atom is -0.336 e. The summed E-state index contributed by atoms with van der Waals surface area (Å²) in [4.78, 5) is 25.3. The Morgan fingerprint density at radius 2 is 2.24 bits per heavy atom.